The van der Waals surface area contributed by atoms with Crippen LogP contribution in [0.5, 0.6) is 11.5 Å². The number of hydrogen-bond donors (Lipinski definition) is 0. The molecule has 0 aromatic heterocycles. The predicted octanol–water partition coefficient (Wildman–Crippen LogP) is 9.21. The standard InChI is InChI=1S/C37H28O2/c1-3-38-29-19-15-27(16-20-29)37(28-17-21-30(22-18-28)39-4-2)33-23-13-25-9-5-7-11-31(25)35(33)36-32-12-8-6-10-26(32)14-24-34(36)37/h3-5,7-9,11-24H,1-2,6,10H2. The molecule has 188 valence electrons. The van der Waals surface area contributed by atoms with Crippen LogP contribution in [0.15, 0.2) is 129 Å². The second-order valence-corrected chi connectivity index (χ2v) is 10.1. The second-order valence-electron chi connectivity index (χ2n) is 10.1. The van der Waals surface area contributed by atoms with Crippen molar-refractivity contribution in [3.63, 3.8) is 0 Å². The van der Waals surface area contributed by atoms with E-state index in [0.29, 0.717) is 0 Å². The smallest absolute Gasteiger partial charge is 0.126 e. The molecule has 0 saturated heterocycles. The summed E-state index contributed by atoms with van der Waals surface area (Å²) in [5.41, 5.74) is 9.86. The second kappa shape index (κ2) is 9.18. The van der Waals surface area contributed by atoms with E-state index in [1.165, 1.54) is 67.8 Å². The Balaban J connectivity index is 1.63. The minimum absolute atomic E-state index is 0.519. The van der Waals surface area contributed by atoms with E-state index in [-0.39, 0.29) is 0 Å². The quantitative estimate of drug-likeness (QED) is 0.211. The number of rotatable bonds is 6. The molecule has 0 fully saturated rings. The Morgan fingerprint density at radius 2 is 1.26 bits per heavy atom. The van der Waals surface area contributed by atoms with E-state index >= 15 is 0 Å². The summed E-state index contributed by atoms with van der Waals surface area (Å²) in [6.07, 6.45) is 9.72. The van der Waals surface area contributed by atoms with Crippen molar-refractivity contribution in [2.75, 3.05) is 0 Å². The maximum atomic E-state index is 5.60. The summed E-state index contributed by atoms with van der Waals surface area (Å²) in [4.78, 5) is 0. The summed E-state index contributed by atoms with van der Waals surface area (Å²) in [7, 11) is 0. The third-order valence-electron chi connectivity index (χ3n) is 8.20. The van der Waals surface area contributed by atoms with Gasteiger partial charge in [0, 0.05) is 0 Å². The number of allylic oxidation sites excluding steroid dienone is 1. The zero-order chi connectivity index (χ0) is 26.4. The van der Waals surface area contributed by atoms with Crippen LogP contribution in [0, 0.1) is 0 Å². The van der Waals surface area contributed by atoms with Crippen LogP contribution >= 0.6 is 0 Å². The average Bonchev–Trinajstić information content (AvgIpc) is 3.30. The van der Waals surface area contributed by atoms with E-state index in [1.807, 2.05) is 24.3 Å². The lowest BCUT2D eigenvalue weighted by atomic mass is 9.67. The summed E-state index contributed by atoms with van der Waals surface area (Å²) in [6.45, 7) is 7.44. The van der Waals surface area contributed by atoms with Crippen molar-refractivity contribution in [1.82, 2.24) is 0 Å². The summed E-state index contributed by atoms with van der Waals surface area (Å²) >= 11 is 0. The van der Waals surface area contributed by atoms with Crippen molar-refractivity contribution in [3.05, 3.63) is 162 Å². The van der Waals surface area contributed by atoms with E-state index in [4.69, 9.17) is 9.47 Å². The fraction of sp³-hybridized carbons (Fsp3) is 0.0811. The van der Waals surface area contributed by atoms with E-state index in [1.54, 1.807) is 0 Å². The summed E-state index contributed by atoms with van der Waals surface area (Å²) in [5, 5.41) is 2.53. The van der Waals surface area contributed by atoms with Crippen molar-refractivity contribution >= 4 is 16.8 Å². The Morgan fingerprint density at radius 3 is 1.92 bits per heavy atom. The Kier molecular flexibility index (Phi) is 5.49. The van der Waals surface area contributed by atoms with E-state index < -0.39 is 5.41 Å². The van der Waals surface area contributed by atoms with Gasteiger partial charge in [0.25, 0.3) is 0 Å². The summed E-state index contributed by atoms with van der Waals surface area (Å²) < 4.78 is 11.2. The van der Waals surface area contributed by atoms with Crippen molar-refractivity contribution in [1.29, 1.82) is 0 Å². The van der Waals surface area contributed by atoms with E-state index in [0.717, 1.165) is 24.3 Å². The van der Waals surface area contributed by atoms with Crippen molar-refractivity contribution in [2.45, 2.75) is 18.3 Å². The highest BCUT2D eigenvalue weighted by molar-refractivity contribution is 6.06. The maximum Gasteiger partial charge on any atom is 0.126 e. The van der Waals surface area contributed by atoms with E-state index in [9.17, 15) is 0 Å². The molecule has 0 heterocycles. The predicted molar refractivity (Wildman–Crippen MR) is 160 cm³/mol. The first-order chi connectivity index (χ1) is 19.3. The molecule has 7 rings (SSSR count). The molecule has 2 heteroatoms. The Bertz CT molecular complexity index is 1720. The number of benzene rings is 5. The molecule has 5 aromatic rings. The van der Waals surface area contributed by atoms with Gasteiger partial charge < -0.3 is 9.47 Å². The third-order valence-corrected chi connectivity index (χ3v) is 8.20. The normalized spacial score (nSPS) is 14.3. The minimum Gasteiger partial charge on any atom is -0.466 e. The molecule has 2 nitrogen and oxygen atoms in total. The molecular formula is C37H28O2. The van der Waals surface area contributed by atoms with Gasteiger partial charge in [-0.3, -0.25) is 0 Å². The fourth-order valence-electron chi connectivity index (χ4n) is 6.64. The first-order valence-electron chi connectivity index (χ1n) is 13.4. The Labute approximate surface area is 229 Å². The maximum absolute atomic E-state index is 5.60. The number of fused-ring (bicyclic) bond motifs is 7. The van der Waals surface area contributed by atoms with Gasteiger partial charge in [0.15, 0.2) is 0 Å². The lowest BCUT2D eigenvalue weighted by Crippen LogP contribution is -2.28. The molecule has 0 N–H and O–H groups in total. The van der Waals surface area contributed by atoms with Crippen molar-refractivity contribution in [3.8, 4) is 22.6 Å². The van der Waals surface area contributed by atoms with Gasteiger partial charge in [0.05, 0.1) is 17.9 Å². The van der Waals surface area contributed by atoms with Gasteiger partial charge in [-0.15, -0.1) is 0 Å². The lowest BCUT2D eigenvalue weighted by molar-refractivity contribution is 0.482. The number of aryl methyl sites for hydroxylation is 1. The Hall–Kier alpha value is -4.82. The van der Waals surface area contributed by atoms with Crippen LogP contribution in [0.3, 0.4) is 0 Å². The molecule has 0 radical (unpaired) electrons. The van der Waals surface area contributed by atoms with Crippen LogP contribution in [0.4, 0.5) is 0 Å². The average molecular weight is 505 g/mol. The third kappa shape index (κ3) is 3.42. The van der Waals surface area contributed by atoms with Gasteiger partial charge in [0.1, 0.15) is 11.5 Å². The number of ether oxygens (including phenoxy) is 2. The SMILES string of the molecule is C=COc1ccc(C2(c3ccc(OC=C)cc3)c3ccc4c(c3-c3c2ccc2ccccc32)C=CCC4)cc1. The van der Waals surface area contributed by atoms with E-state index in [2.05, 4.69) is 98.1 Å². The molecule has 0 aliphatic heterocycles. The molecule has 2 aliphatic carbocycles. The topological polar surface area (TPSA) is 18.5 Å². The highest BCUT2D eigenvalue weighted by Gasteiger charge is 2.47. The van der Waals surface area contributed by atoms with Crippen LogP contribution in [0.1, 0.15) is 39.8 Å². The minimum atomic E-state index is -0.519. The highest BCUT2D eigenvalue weighted by Crippen LogP contribution is 2.59. The molecule has 0 saturated carbocycles. The molecule has 0 bridgehead atoms. The molecular weight excluding hydrogens is 476 g/mol. The van der Waals surface area contributed by atoms with Gasteiger partial charge in [0.2, 0.25) is 0 Å². The molecule has 0 atom stereocenters. The first kappa shape index (κ1) is 23.3. The van der Waals surface area contributed by atoms with Crippen molar-refractivity contribution < 1.29 is 9.47 Å². The van der Waals surface area contributed by atoms with Gasteiger partial charge in [-0.05, 0) is 92.4 Å². The zero-order valence-electron chi connectivity index (χ0n) is 21.7. The fourth-order valence-corrected chi connectivity index (χ4v) is 6.64. The highest BCUT2D eigenvalue weighted by atomic mass is 16.5. The van der Waals surface area contributed by atoms with Gasteiger partial charge in [-0.25, -0.2) is 0 Å². The monoisotopic (exact) mass is 504 g/mol. The van der Waals surface area contributed by atoms with Crippen molar-refractivity contribution in [2.24, 2.45) is 0 Å². The summed E-state index contributed by atoms with van der Waals surface area (Å²) in [6, 6.07) is 34.9. The van der Waals surface area contributed by atoms with Gasteiger partial charge in [-0.2, -0.15) is 0 Å². The first-order valence-corrected chi connectivity index (χ1v) is 13.4. The molecule has 39 heavy (non-hydrogen) atoms. The number of hydrogen-bond acceptors (Lipinski definition) is 2. The van der Waals surface area contributed by atoms with Crippen LogP contribution in [-0.4, -0.2) is 0 Å². The van der Waals surface area contributed by atoms with Gasteiger partial charge in [-0.1, -0.05) is 98.1 Å². The van der Waals surface area contributed by atoms with Crippen LogP contribution in [-0.2, 0) is 11.8 Å². The lowest BCUT2D eigenvalue weighted by Gasteiger charge is -2.34. The van der Waals surface area contributed by atoms with Crippen LogP contribution < -0.4 is 9.47 Å². The van der Waals surface area contributed by atoms with Gasteiger partial charge >= 0.3 is 0 Å². The molecule has 2 aliphatic rings. The molecule has 5 aromatic carbocycles. The molecule has 0 unspecified atom stereocenters. The molecule has 0 amide bonds. The zero-order valence-corrected chi connectivity index (χ0v) is 21.7. The largest absolute Gasteiger partial charge is 0.466 e. The Morgan fingerprint density at radius 1 is 0.641 bits per heavy atom. The van der Waals surface area contributed by atoms with Crippen LogP contribution in [0.25, 0.3) is 28.0 Å². The molecule has 0 spiro atoms. The van der Waals surface area contributed by atoms with Crippen LogP contribution in [0.2, 0.25) is 0 Å². The summed E-state index contributed by atoms with van der Waals surface area (Å²) in [5.74, 6) is 1.54.